The average molecular weight is 416 g/mol. The number of hydrogen-bond donors (Lipinski definition) is 1. The molecular formula is C24H37N3O3. The van der Waals surface area contributed by atoms with E-state index < -0.39 is 0 Å². The van der Waals surface area contributed by atoms with E-state index in [0.29, 0.717) is 13.2 Å². The zero-order valence-electron chi connectivity index (χ0n) is 18.6. The van der Waals surface area contributed by atoms with E-state index in [-0.39, 0.29) is 12.1 Å². The lowest BCUT2D eigenvalue weighted by Crippen LogP contribution is -2.41. The molecule has 166 valence electrons. The maximum atomic E-state index is 12.8. The Kier molecular flexibility index (Phi) is 7.03. The quantitative estimate of drug-likeness (QED) is 0.712. The Hall–Kier alpha value is -1.95. The van der Waals surface area contributed by atoms with Crippen LogP contribution in [0.1, 0.15) is 57.6 Å². The minimum absolute atomic E-state index is 0.0626. The SMILES string of the molecule is CC1CC(C)CN(CCCCNC(=O)N2CCCC2c2ccc3c(c2)OCCO3)C1. The van der Waals surface area contributed by atoms with Crippen molar-refractivity contribution in [1.29, 1.82) is 0 Å². The van der Waals surface area contributed by atoms with Crippen LogP contribution in [0.3, 0.4) is 0 Å². The maximum absolute atomic E-state index is 12.8. The van der Waals surface area contributed by atoms with Gasteiger partial charge < -0.3 is 24.6 Å². The van der Waals surface area contributed by atoms with E-state index in [4.69, 9.17) is 9.47 Å². The van der Waals surface area contributed by atoms with Crippen LogP contribution in [-0.2, 0) is 0 Å². The van der Waals surface area contributed by atoms with Crippen LogP contribution in [-0.4, -0.2) is 61.8 Å². The van der Waals surface area contributed by atoms with Crippen LogP contribution in [0.5, 0.6) is 11.5 Å². The van der Waals surface area contributed by atoms with Crippen LogP contribution in [0.25, 0.3) is 0 Å². The topological polar surface area (TPSA) is 54.0 Å². The van der Waals surface area contributed by atoms with Gasteiger partial charge in [-0.15, -0.1) is 0 Å². The van der Waals surface area contributed by atoms with E-state index in [1.54, 1.807) is 0 Å². The first-order chi connectivity index (χ1) is 14.6. The van der Waals surface area contributed by atoms with Gasteiger partial charge in [-0.3, -0.25) is 0 Å². The average Bonchev–Trinajstić information content (AvgIpc) is 3.22. The molecule has 30 heavy (non-hydrogen) atoms. The Morgan fingerprint density at radius 2 is 1.87 bits per heavy atom. The van der Waals surface area contributed by atoms with Gasteiger partial charge in [0.1, 0.15) is 13.2 Å². The van der Waals surface area contributed by atoms with Gasteiger partial charge in [0.15, 0.2) is 11.5 Å². The summed E-state index contributed by atoms with van der Waals surface area (Å²) in [6.45, 7) is 11.1. The van der Waals surface area contributed by atoms with Gasteiger partial charge >= 0.3 is 6.03 Å². The summed E-state index contributed by atoms with van der Waals surface area (Å²) in [4.78, 5) is 17.4. The highest BCUT2D eigenvalue weighted by Crippen LogP contribution is 2.38. The fraction of sp³-hybridized carbons (Fsp3) is 0.708. The zero-order chi connectivity index (χ0) is 20.9. The van der Waals surface area contributed by atoms with E-state index in [9.17, 15) is 4.79 Å². The maximum Gasteiger partial charge on any atom is 0.317 e. The second-order valence-corrected chi connectivity index (χ2v) is 9.40. The molecule has 3 atom stereocenters. The smallest absolute Gasteiger partial charge is 0.317 e. The molecule has 3 unspecified atom stereocenters. The molecule has 1 aromatic rings. The molecule has 0 spiro atoms. The number of nitrogens with zero attached hydrogens (tertiary/aromatic N) is 2. The Balaban J connectivity index is 1.22. The van der Waals surface area contributed by atoms with Gasteiger partial charge in [0, 0.05) is 26.2 Å². The van der Waals surface area contributed by atoms with Crippen molar-refractivity contribution in [2.75, 3.05) is 45.9 Å². The molecule has 2 fully saturated rings. The van der Waals surface area contributed by atoms with Crippen molar-refractivity contribution >= 4 is 6.03 Å². The van der Waals surface area contributed by atoms with Crippen LogP contribution >= 0.6 is 0 Å². The van der Waals surface area contributed by atoms with E-state index in [2.05, 4.69) is 30.1 Å². The minimum Gasteiger partial charge on any atom is -0.486 e. The number of urea groups is 1. The molecule has 2 amide bonds. The Morgan fingerprint density at radius 3 is 2.67 bits per heavy atom. The van der Waals surface area contributed by atoms with Crippen molar-refractivity contribution in [2.24, 2.45) is 11.8 Å². The number of carbonyl (C=O) groups excluding carboxylic acids is 1. The van der Waals surface area contributed by atoms with Crippen molar-refractivity contribution in [3.8, 4) is 11.5 Å². The normalized spacial score (nSPS) is 26.6. The number of rotatable bonds is 6. The number of hydrogen-bond acceptors (Lipinski definition) is 4. The summed E-state index contributed by atoms with van der Waals surface area (Å²) in [6, 6.07) is 6.28. The van der Waals surface area contributed by atoms with E-state index in [1.165, 1.54) is 19.5 Å². The van der Waals surface area contributed by atoms with Crippen LogP contribution in [0.15, 0.2) is 18.2 Å². The van der Waals surface area contributed by atoms with Gasteiger partial charge in [-0.1, -0.05) is 19.9 Å². The summed E-state index contributed by atoms with van der Waals surface area (Å²) in [5.41, 5.74) is 1.14. The third-order valence-electron chi connectivity index (χ3n) is 6.59. The number of fused-ring (bicyclic) bond motifs is 1. The number of piperidine rings is 1. The number of unbranched alkanes of at least 4 members (excludes halogenated alkanes) is 1. The van der Waals surface area contributed by atoms with Crippen LogP contribution in [0.4, 0.5) is 4.79 Å². The third kappa shape index (κ3) is 5.20. The van der Waals surface area contributed by atoms with Gasteiger partial charge in [0.2, 0.25) is 0 Å². The van der Waals surface area contributed by atoms with Gasteiger partial charge in [-0.2, -0.15) is 0 Å². The van der Waals surface area contributed by atoms with E-state index in [0.717, 1.165) is 74.2 Å². The molecule has 0 radical (unpaired) electrons. The zero-order valence-corrected chi connectivity index (χ0v) is 18.6. The minimum atomic E-state index is 0.0626. The van der Waals surface area contributed by atoms with Crippen LogP contribution in [0, 0.1) is 11.8 Å². The highest BCUT2D eigenvalue weighted by atomic mass is 16.6. The van der Waals surface area contributed by atoms with Gasteiger partial charge in [-0.05, 0) is 68.2 Å². The molecular weight excluding hydrogens is 378 g/mol. The van der Waals surface area contributed by atoms with Crippen LogP contribution in [0.2, 0.25) is 0 Å². The molecule has 3 heterocycles. The predicted molar refractivity (Wildman–Crippen MR) is 118 cm³/mol. The lowest BCUT2D eigenvalue weighted by atomic mass is 9.92. The molecule has 4 rings (SSSR count). The first-order valence-corrected chi connectivity index (χ1v) is 11.8. The predicted octanol–water partition coefficient (Wildman–Crippen LogP) is 4.06. The van der Waals surface area contributed by atoms with Gasteiger partial charge in [-0.25, -0.2) is 4.79 Å². The van der Waals surface area contributed by atoms with Gasteiger partial charge in [0.25, 0.3) is 0 Å². The molecule has 0 aliphatic carbocycles. The molecule has 6 nitrogen and oxygen atoms in total. The second kappa shape index (κ2) is 9.90. The highest BCUT2D eigenvalue weighted by molar-refractivity contribution is 5.75. The number of carbonyl (C=O) groups is 1. The van der Waals surface area contributed by atoms with Crippen molar-refractivity contribution in [3.63, 3.8) is 0 Å². The summed E-state index contributed by atoms with van der Waals surface area (Å²) in [6.07, 6.45) is 5.57. The number of amides is 2. The molecule has 1 aromatic carbocycles. The number of ether oxygens (including phenoxy) is 2. The van der Waals surface area contributed by atoms with Gasteiger partial charge in [0.05, 0.1) is 6.04 Å². The Labute approximate surface area is 180 Å². The monoisotopic (exact) mass is 415 g/mol. The Morgan fingerprint density at radius 1 is 1.10 bits per heavy atom. The van der Waals surface area contributed by atoms with Crippen LogP contribution < -0.4 is 14.8 Å². The Bertz CT molecular complexity index is 716. The van der Waals surface area contributed by atoms with Crippen molar-refractivity contribution in [3.05, 3.63) is 23.8 Å². The van der Waals surface area contributed by atoms with E-state index >= 15 is 0 Å². The number of likely N-dealkylation sites (tertiary alicyclic amines) is 2. The third-order valence-corrected chi connectivity index (χ3v) is 6.59. The molecule has 1 N–H and O–H groups in total. The first kappa shape index (κ1) is 21.3. The molecule has 3 aliphatic heterocycles. The fourth-order valence-corrected chi connectivity index (χ4v) is 5.36. The molecule has 0 bridgehead atoms. The molecule has 3 aliphatic rings. The van der Waals surface area contributed by atoms with Crippen molar-refractivity contribution in [2.45, 2.75) is 52.0 Å². The fourth-order valence-electron chi connectivity index (χ4n) is 5.36. The summed E-state index contributed by atoms with van der Waals surface area (Å²) < 4.78 is 11.4. The summed E-state index contributed by atoms with van der Waals surface area (Å²) in [7, 11) is 0. The molecule has 0 saturated carbocycles. The largest absolute Gasteiger partial charge is 0.486 e. The molecule has 2 saturated heterocycles. The molecule has 6 heteroatoms. The summed E-state index contributed by atoms with van der Waals surface area (Å²) in [5, 5.41) is 3.15. The first-order valence-electron chi connectivity index (χ1n) is 11.8. The standard InChI is InChI=1S/C24H37N3O3/c1-18-14-19(2)17-26(16-18)10-4-3-9-25-24(28)27-11-5-6-21(27)20-7-8-22-23(15-20)30-13-12-29-22/h7-8,15,18-19,21H,3-6,9-14,16-17H2,1-2H3,(H,25,28). The number of nitrogens with one attached hydrogen (secondary N) is 1. The number of benzene rings is 1. The summed E-state index contributed by atoms with van der Waals surface area (Å²) >= 11 is 0. The van der Waals surface area contributed by atoms with E-state index in [1.807, 2.05) is 17.0 Å². The highest BCUT2D eigenvalue weighted by Gasteiger charge is 2.30. The lowest BCUT2D eigenvalue weighted by molar-refractivity contribution is 0.139. The van der Waals surface area contributed by atoms with Crippen molar-refractivity contribution in [1.82, 2.24) is 15.1 Å². The van der Waals surface area contributed by atoms with Crippen molar-refractivity contribution < 1.29 is 14.3 Å². The second-order valence-electron chi connectivity index (χ2n) is 9.40. The summed E-state index contributed by atoms with van der Waals surface area (Å²) in [5.74, 6) is 3.21. The molecule has 0 aromatic heterocycles. The lowest BCUT2D eigenvalue weighted by Gasteiger charge is -2.35.